The zero-order valence-corrected chi connectivity index (χ0v) is 14.8. The predicted octanol–water partition coefficient (Wildman–Crippen LogP) is 3.58. The molecule has 0 aliphatic rings. The van der Waals surface area contributed by atoms with Gasteiger partial charge in [0.15, 0.2) is 0 Å². The first-order chi connectivity index (χ1) is 11.5. The van der Waals surface area contributed by atoms with Crippen molar-refractivity contribution in [2.45, 2.75) is 6.92 Å². The van der Waals surface area contributed by atoms with Crippen molar-refractivity contribution in [2.24, 2.45) is 0 Å². The zero-order chi connectivity index (χ0) is 17.3. The average molecular weight is 364 g/mol. The van der Waals surface area contributed by atoms with E-state index in [4.69, 9.17) is 21.1 Å². The van der Waals surface area contributed by atoms with E-state index < -0.39 is 5.97 Å². The molecule has 3 aromatic rings. The number of aryl methyl sites for hydroxylation is 1. The summed E-state index contributed by atoms with van der Waals surface area (Å²) in [7, 11) is 2.81. The second-order valence-electron chi connectivity index (χ2n) is 4.90. The topological polar surface area (TPSA) is 65.7 Å². The second kappa shape index (κ2) is 6.62. The van der Waals surface area contributed by atoms with Gasteiger partial charge in [0.25, 0.3) is 0 Å². The standard InChI is InChI=1S/C16H14ClN3O3S/c1-9-18-16-20(19-9)13(10-4-6-11(17)7-5-10)14(24-16)12(8-22-2)15(21)23-3/h4-8H,1-3H3/b12-8+. The van der Waals surface area contributed by atoms with Crippen molar-refractivity contribution in [3.63, 3.8) is 0 Å². The molecule has 0 radical (unpaired) electrons. The molecule has 1 aromatic carbocycles. The lowest BCUT2D eigenvalue weighted by molar-refractivity contribution is -0.133. The van der Waals surface area contributed by atoms with E-state index in [1.165, 1.54) is 31.8 Å². The van der Waals surface area contributed by atoms with Crippen molar-refractivity contribution in [1.82, 2.24) is 14.6 Å². The molecule has 0 amide bonds. The number of nitrogens with zero attached hydrogens (tertiary/aromatic N) is 3. The first-order valence-electron chi connectivity index (χ1n) is 6.99. The van der Waals surface area contributed by atoms with Crippen LogP contribution in [0.3, 0.4) is 0 Å². The average Bonchev–Trinajstić information content (AvgIpc) is 3.08. The van der Waals surface area contributed by atoms with Crippen LogP contribution in [0, 0.1) is 6.92 Å². The maximum absolute atomic E-state index is 12.2. The molecule has 0 aliphatic heterocycles. The third-order valence-corrected chi connectivity index (χ3v) is 4.62. The number of halogens is 1. The monoisotopic (exact) mass is 363 g/mol. The minimum Gasteiger partial charge on any atom is -0.503 e. The number of esters is 1. The number of hydrogen-bond donors (Lipinski definition) is 0. The quantitative estimate of drug-likeness (QED) is 0.402. The largest absolute Gasteiger partial charge is 0.503 e. The molecule has 6 nitrogen and oxygen atoms in total. The summed E-state index contributed by atoms with van der Waals surface area (Å²) in [5.41, 5.74) is 1.90. The second-order valence-corrected chi connectivity index (χ2v) is 6.31. The number of carbonyl (C=O) groups is 1. The van der Waals surface area contributed by atoms with E-state index in [-0.39, 0.29) is 0 Å². The summed E-state index contributed by atoms with van der Waals surface area (Å²) in [6.07, 6.45) is 1.36. The first-order valence-corrected chi connectivity index (χ1v) is 8.18. The van der Waals surface area contributed by atoms with E-state index >= 15 is 0 Å². The van der Waals surface area contributed by atoms with E-state index in [0.29, 0.717) is 26.3 Å². The minimum absolute atomic E-state index is 0.305. The molecular weight excluding hydrogens is 350 g/mol. The molecular formula is C16H14ClN3O3S. The number of aromatic nitrogens is 3. The van der Waals surface area contributed by atoms with Crippen LogP contribution in [-0.4, -0.2) is 34.8 Å². The molecule has 3 rings (SSSR count). The number of methoxy groups -OCH3 is 2. The fraction of sp³-hybridized carbons (Fsp3) is 0.188. The molecule has 24 heavy (non-hydrogen) atoms. The number of thiazole rings is 1. The van der Waals surface area contributed by atoms with Crippen molar-refractivity contribution in [2.75, 3.05) is 14.2 Å². The van der Waals surface area contributed by atoms with Crippen molar-refractivity contribution in [3.8, 4) is 11.3 Å². The van der Waals surface area contributed by atoms with Gasteiger partial charge in [-0.05, 0) is 19.1 Å². The van der Waals surface area contributed by atoms with Crippen molar-refractivity contribution in [1.29, 1.82) is 0 Å². The van der Waals surface area contributed by atoms with Gasteiger partial charge in [-0.3, -0.25) is 0 Å². The molecule has 0 bridgehead atoms. The van der Waals surface area contributed by atoms with Crippen LogP contribution in [0.25, 0.3) is 21.8 Å². The van der Waals surface area contributed by atoms with Gasteiger partial charge < -0.3 is 9.47 Å². The molecule has 0 atom stereocenters. The summed E-state index contributed by atoms with van der Waals surface area (Å²) in [4.78, 5) is 17.9. The molecule has 0 unspecified atom stereocenters. The van der Waals surface area contributed by atoms with E-state index in [2.05, 4.69) is 10.1 Å². The van der Waals surface area contributed by atoms with E-state index in [9.17, 15) is 4.79 Å². The molecule has 2 heterocycles. The zero-order valence-electron chi connectivity index (χ0n) is 13.2. The van der Waals surface area contributed by atoms with Gasteiger partial charge in [-0.15, -0.1) is 0 Å². The van der Waals surface area contributed by atoms with Crippen molar-refractivity contribution < 1.29 is 14.3 Å². The van der Waals surface area contributed by atoms with Gasteiger partial charge in [-0.25, -0.2) is 14.3 Å². The van der Waals surface area contributed by atoms with Gasteiger partial charge >= 0.3 is 5.97 Å². The molecule has 0 saturated heterocycles. The Hall–Kier alpha value is -2.38. The lowest BCUT2D eigenvalue weighted by atomic mass is 10.1. The summed E-state index contributed by atoms with van der Waals surface area (Å²) < 4.78 is 11.6. The molecule has 2 aromatic heterocycles. The number of benzene rings is 1. The molecule has 0 saturated carbocycles. The van der Waals surface area contributed by atoms with Crippen molar-refractivity contribution in [3.05, 3.63) is 46.3 Å². The van der Waals surface area contributed by atoms with E-state index in [0.717, 1.165) is 11.3 Å². The van der Waals surface area contributed by atoms with Gasteiger partial charge in [0.2, 0.25) is 4.96 Å². The first kappa shape index (κ1) is 16.5. The van der Waals surface area contributed by atoms with Gasteiger partial charge in [0, 0.05) is 10.6 Å². The molecule has 0 aliphatic carbocycles. The Morgan fingerprint density at radius 1 is 1.29 bits per heavy atom. The highest BCUT2D eigenvalue weighted by Gasteiger charge is 2.25. The SMILES string of the molecule is CO/C=C(/C(=O)OC)c1sc2nc(C)nn2c1-c1ccc(Cl)cc1. The van der Waals surface area contributed by atoms with Crippen LogP contribution in [0.5, 0.6) is 0 Å². The highest BCUT2D eigenvalue weighted by Crippen LogP contribution is 2.36. The molecule has 0 fully saturated rings. The van der Waals surface area contributed by atoms with Crippen molar-refractivity contribution >= 4 is 39.4 Å². The smallest absolute Gasteiger partial charge is 0.342 e. The number of carbonyl (C=O) groups excluding carboxylic acids is 1. The van der Waals surface area contributed by atoms with Crippen LogP contribution in [0.4, 0.5) is 0 Å². The van der Waals surface area contributed by atoms with Crippen LogP contribution in [-0.2, 0) is 14.3 Å². The minimum atomic E-state index is -0.492. The number of fused-ring (bicyclic) bond motifs is 1. The predicted molar refractivity (Wildman–Crippen MR) is 93.0 cm³/mol. The van der Waals surface area contributed by atoms with Crippen LogP contribution in [0.2, 0.25) is 5.02 Å². The molecule has 0 spiro atoms. The van der Waals surface area contributed by atoms with Gasteiger partial charge in [-0.1, -0.05) is 35.1 Å². The summed E-state index contributed by atoms with van der Waals surface area (Å²) in [5.74, 6) is 0.159. The Kier molecular flexibility index (Phi) is 4.55. The maximum atomic E-state index is 12.2. The van der Waals surface area contributed by atoms with Gasteiger partial charge in [0.05, 0.1) is 31.1 Å². The summed E-state index contributed by atoms with van der Waals surface area (Å²) >= 11 is 7.33. The van der Waals surface area contributed by atoms with E-state index in [1.807, 2.05) is 19.1 Å². The van der Waals surface area contributed by atoms with Gasteiger partial charge in [-0.2, -0.15) is 5.10 Å². The summed E-state index contributed by atoms with van der Waals surface area (Å²) in [6.45, 7) is 1.82. The lowest BCUT2D eigenvalue weighted by Gasteiger charge is -2.07. The highest BCUT2D eigenvalue weighted by molar-refractivity contribution is 7.18. The molecule has 124 valence electrons. The Balaban J connectivity index is 2.29. The lowest BCUT2D eigenvalue weighted by Crippen LogP contribution is -2.05. The van der Waals surface area contributed by atoms with Crippen LogP contribution in [0.15, 0.2) is 30.5 Å². The summed E-state index contributed by atoms with van der Waals surface area (Å²) in [6, 6.07) is 7.30. The molecule has 0 N–H and O–H groups in total. The number of hydrogen-bond acceptors (Lipinski definition) is 6. The Morgan fingerprint density at radius 2 is 2.00 bits per heavy atom. The Bertz CT molecular complexity index is 928. The maximum Gasteiger partial charge on any atom is 0.342 e. The third kappa shape index (κ3) is 2.88. The van der Waals surface area contributed by atoms with Crippen LogP contribution in [0.1, 0.15) is 10.7 Å². The Morgan fingerprint density at radius 3 is 2.62 bits per heavy atom. The number of ether oxygens (including phenoxy) is 2. The highest BCUT2D eigenvalue weighted by atomic mass is 35.5. The van der Waals surface area contributed by atoms with Crippen LogP contribution < -0.4 is 0 Å². The Labute approximate surface area is 147 Å². The van der Waals surface area contributed by atoms with Crippen LogP contribution >= 0.6 is 22.9 Å². The third-order valence-electron chi connectivity index (χ3n) is 3.31. The number of rotatable bonds is 4. The summed E-state index contributed by atoms with van der Waals surface area (Å²) in [5, 5.41) is 5.05. The normalized spacial score (nSPS) is 11.8. The van der Waals surface area contributed by atoms with Gasteiger partial charge in [0.1, 0.15) is 11.4 Å². The fourth-order valence-corrected chi connectivity index (χ4v) is 3.56. The fourth-order valence-electron chi connectivity index (χ4n) is 2.31. The molecule has 8 heteroatoms. The van der Waals surface area contributed by atoms with E-state index in [1.54, 1.807) is 16.6 Å².